The van der Waals surface area contributed by atoms with Gasteiger partial charge in [0, 0.05) is 41.3 Å². The highest BCUT2D eigenvalue weighted by Crippen LogP contribution is 2.46. The second-order valence-corrected chi connectivity index (χ2v) is 13.1. The molecule has 12 heteroatoms. The molecule has 0 aliphatic carbocycles. The van der Waals surface area contributed by atoms with Crippen molar-refractivity contribution in [1.82, 2.24) is 20.2 Å². The number of rotatable bonds is 6. The van der Waals surface area contributed by atoms with Gasteiger partial charge in [-0.3, -0.25) is 9.29 Å². The summed E-state index contributed by atoms with van der Waals surface area (Å²) in [4.78, 5) is 14.1. The van der Waals surface area contributed by atoms with Gasteiger partial charge in [0.25, 0.3) is 0 Å². The van der Waals surface area contributed by atoms with Crippen LogP contribution < -0.4 is 20.7 Å². The second-order valence-electron chi connectivity index (χ2n) is 12.0. The number of likely N-dealkylation sites (tertiary alicyclic amines) is 1. The van der Waals surface area contributed by atoms with Crippen molar-refractivity contribution in [2.75, 3.05) is 57.6 Å². The summed E-state index contributed by atoms with van der Waals surface area (Å²) in [5, 5.41) is 14.5. The first-order valence-electron chi connectivity index (χ1n) is 16.5. The summed E-state index contributed by atoms with van der Waals surface area (Å²) in [5.74, 6) is -0.879. The number of benzene rings is 2. The predicted octanol–water partition coefficient (Wildman–Crippen LogP) is 7.22. The van der Waals surface area contributed by atoms with Crippen LogP contribution in [0.2, 0.25) is 0 Å². The number of fused-ring (bicyclic) bond motifs is 3. The number of ether oxygens (including phenoxy) is 1. The number of hydrogen-bond donors (Lipinski definition) is 2. The van der Waals surface area contributed by atoms with Crippen molar-refractivity contribution in [1.29, 1.82) is 5.26 Å². The van der Waals surface area contributed by atoms with E-state index < -0.39 is 11.6 Å². The molecule has 7 rings (SSSR count). The van der Waals surface area contributed by atoms with Crippen LogP contribution in [0.5, 0.6) is 6.01 Å². The number of nitrogens with one attached hydrogen (secondary N) is 1. The van der Waals surface area contributed by atoms with Gasteiger partial charge in [0.15, 0.2) is 5.82 Å². The predicted molar refractivity (Wildman–Crippen MR) is 185 cm³/mol. The number of alkyl halides is 1. The molecule has 47 heavy (non-hydrogen) atoms. The van der Waals surface area contributed by atoms with Crippen LogP contribution in [-0.4, -0.2) is 73.5 Å². The molecule has 252 valence electrons. The molecular formula is C35H44F3N7OS. The Kier molecular flexibility index (Phi) is 10.8. The molecule has 0 radical (unpaired) electrons. The first-order chi connectivity index (χ1) is 22.9. The van der Waals surface area contributed by atoms with E-state index in [4.69, 9.17) is 15.5 Å². The van der Waals surface area contributed by atoms with Crippen molar-refractivity contribution in [2.24, 2.45) is 0 Å². The van der Waals surface area contributed by atoms with Crippen LogP contribution in [-0.2, 0) is 6.42 Å². The highest BCUT2D eigenvalue weighted by molar-refractivity contribution is 7.23. The van der Waals surface area contributed by atoms with Gasteiger partial charge in [-0.2, -0.15) is 15.2 Å². The van der Waals surface area contributed by atoms with E-state index in [1.807, 2.05) is 19.9 Å². The van der Waals surface area contributed by atoms with Crippen molar-refractivity contribution in [3.8, 4) is 23.2 Å². The molecule has 4 aromatic rings. The minimum atomic E-state index is -0.777. The van der Waals surface area contributed by atoms with Gasteiger partial charge in [-0.25, -0.2) is 8.78 Å². The second kappa shape index (κ2) is 14.6. The van der Waals surface area contributed by atoms with E-state index in [9.17, 15) is 9.65 Å². The maximum Gasteiger partial charge on any atom is 0.319 e. The van der Waals surface area contributed by atoms with E-state index in [0.29, 0.717) is 70.6 Å². The van der Waals surface area contributed by atoms with Crippen LogP contribution in [0, 0.1) is 23.0 Å². The van der Waals surface area contributed by atoms with Crippen molar-refractivity contribution in [2.45, 2.75) is 70.9 Å². The Balaban J connectivity index is 0.00000105. The Morgan fingerprint density at radius 2 is 1.96 bits per heavy atom. The lowest BCUT2D eigenvalue weighted by atomic mass is 9.92. The van der Waals surface area contributed by atoms with Crippen molar-refractivity contribution in [3.63, 3.8) is 0 Å². The Morgan fingerprint density at radius 1 is 1.17 bits per heavy atom. The lowest BCUT2D eigenvalue weighted by molar-refractivity contribution is 0.0828. The molecule has 3 aliphatic rings. The minimum Gasteiger partial charge on any atom is -0.461 e. The van der Waals surface area contributed by atoms with Crippen LogP contribution in [0.3, 0.4) is 0 Å². The van der Waals surface area contributed by atoms with E-state index in [0.717, 1.165) is 45.3 Å². The van der Waals surface area contributed by atoms with Crippen LogP contribution in [0.4, 0.5) is 24.0 Å². The zero-order valence-corrected chi connectivity index (χ0v) is 28.7. The van der Waals surface area contributed by atoms with E-state index in [1.54, 1.807) is 12.1 Å². The van der Waals surface area contributed by atoms with Gasteiger partial charge in [0.05, 0.1) is 29.2 Å². The molecule has 2 aromatic heterocycles. The summed E-state index contributed by atoms with van der Waals surface area (Å²) >= 11 is 1.24. The number of hydrogen-bond acceptors (Lipinski definition) is 9. The first-order valence-corrected chi connectivity index (χ1v) is 17.3. The van der Waals surface area contributed by atoms with Crippen molar-refractivity contribution < 1.29 is 17.9 Å². The zero-order chi connectivity index (χ0) is 33.9. The number of nitrogens with two attached hydrogens (primary N) is 1. The molecule has 2 unspecified atom stereocenters. The summed E-state index contributed by atoms with van der Waals surface area (Å²) in [6.07, 6.45) is 5.19. The lowest BCUT2D eigenvalue weighted by Gasteiger charge is -2.37. The zero-order valence-electron chi connectivity index (χ0n) is 27.9. The fraction of sp³-hybridized carbons (Fsp3) is 0.514. The molecule has 0 amide bonds. The standard InChI is InChI=1S/C32H35F2N7OS.C2H6.CH3F/c1-3-10-32(11-5-13-40(32)2)17-42-31-38-28-25-20(9-8-18-16-37-12-14-41(18)30(25)39-31)26(33)24(27(28)34)19-6-4-7-22-23(19)21(15-35)29(36)43-22;2*1-2/h4,6-7,18,37H,3,5,8-14,16-17,36H2,1-2H3;1-2H3;1H3. The highest BCUT2D eigenvalue weighted by Gasteiger charge is 2.40. The SMILES string of the molecule is CC.CCCC1(COc2nc3c4c(c(F)c(-c5cccc6sc(N)c(C#N)c56)c(F)c4n2)CCC2CNCCN32)CCCN1C.CF. The molecule has 0 saturated carbocycles. The summed E-state index contributed by atoms with van der Waals surface area (Å²) in [5.41, 5.74) is 6.83. The van der Waals surface area contributed by atoms with E-state index in [-0.39, 0.29) is 34.2 Å². The molecule has 2 aromatic carbocycles. The number of piperazine rings is 1. The number of halogens is 3. The van der Waals surface area contributed by atoms with Gasteiger partial charge < -0.3 is 20.7 Å². The number of aromatic nitrogens is 2. The molecule has 3 N–H and O–H groups in total. The normalized spacial score (nSPS) is 20.5. The maximum atomic E-state index is 16.9. The molecule has 0 spiro atoms. The topological polar surface area (TPSA) is 103 Å². The number of nitrogen functional groups attached to an aromatic ring is 1. The Bertz CT molecular complexity index is 1790. The first kappa shape index (κ1) is 34.7. The number of nitriles is 1. The fourth-order valence-electron chi connectivity index (χ4n) is 7.49. The van der Waals surface area contributed by atoms with E-state index in [2.05, 4.69) is 40.1 Å². The van der Waals surface area contributed by atoms with Crippen molar-refractivity contribution in [3.05, 3.63) is 41.0 Å². The van der Waals surface area contributed by atoms with Crippen LogP contribution >= 0.6 is 11.3 Å². The maximum absolute atomic E-state index is 16.9. The highest BCUT2D eigenvalue weighted by atomic mass is 32.1. The quantitative estimate of drug-likeness (QED) is 0.222. The Morgan fingerprint density at radius 3 is 2.66 bits per heavy atom. The Hall–Kier alpha value is -3.66. The molecule has 2 atom stereocenters. The van der Waals surface area contributed by atoms with Crippen molar-refractivity contribution >= 4 is 43.1 Å². The molecule has 2 saturated heterocycles. The average Bonchev–Trinajstić information content (AvgIpc) is 3.57. The van der Waals surface area contributed by atoms with E-state index in [1.165, 1.54) is 11.3 Å². The van der Waals surface area contributed by atoms with Gasteiger partial charge in [0.1, 0.15) is 34.8 Å². The Labute approximate surface area is 278 Å². The number of nitrogens with zero attached hydrogens (tertiary/aromatic N) is 5. The average molecular weight is 668 g/mol. The molecule has 3 aliphatic heterocycles. The minimum absolute atomic E-state index is 0.0496. The summed E-state index contributed by atoms with van der Waals surface area (Å²) in [6, 6.07) is 7.54. The third kappa shape index (κ3) is 5.98. The lowest BCUT2D eigenvalue weighted by Crippen LogP contribution is -2.51. The summed E-state index contributed by atoms with van der Waals surface area (Å²) < 4.78 is 50.2. The van der Waals surface area contributed by atoms with Crippen LogP contribution in [0.15, 0.2) is 18.2 Å². The van der Waals surface area contributed by atoms with Gasteiger partial charge in [-0.1, -0.05) is 39.3 Å². The summed E-state index contributed by atoms with van der Waals surface area (Å²) in [7, 11) is 2.63. The number of likely N-dealkylation sites (N-methyl/N-ethyl adjacent to an activating group) is 1. The molecular weight excluding hydrogens is 623 g/mol. The van der Waals surface area contributed by atoms with Crippen LogP contribution in [0.1, 0.15) is 64.0 Å². The molecule has 2 fully saturated rings. The van der Waals surface area contributed by atoms with Gasteiger partial charge in [0.2, 0.25) is 0 Å². The number of anilines is 2. The largest absolute Gasteiger partial charge is 0.461 e. The van der Waals surface area contributed by atoms with Crippen LogP contribution in [0.25, 0.3) is 32.1 Å². The smallest absolute Gasteiger partial charge is 0.319 e. The third-order valence-corrected chi connectivity index (χ3v) is 10.7. The summed E-state index contributed by atoms with van der Waals surface area (Å²) in [6.45, 7) is 9.72. The third-order valence-electron chi connectivity index (χ3n) is 9.69. The van der Waals surface area contributed by atoms with Gasteiger partial charge >= 0.3 is 6.01 Å². The number of aryl methyl sites for hydroxylation is 1. The molecule has 8 nitrogen and oxygen atoms in total. The molecule has 5 heterocycles. The number of thiophene rings is 1. The van der Waals surface area contributed by atoms with Gasteiger partial charge in [-0.05, 0) is 57.3 Å². The monoisotopic (exact) mass is 667 g/mol. The fourth-order valence-corrected chi connectivity index (χ4v) is 8.43. The van der Waals surface area contributed by atoms with E-state index >= 15 is 8.78 Å². The van der Waals surface area contributed by atoms with Gasteiger partial charge in [-0.15, -0.1) is 11.3 Å². The molecule has 0 bridgehead atoms.